The van der Waals surface area contributed by atoms with Crippen LogP contribution in [0.2, 0.25) is 0 Å². The maximum Gasteiger partial charge on any atom is 0.379 e. The standard InChI is InChI=1S/C15H18O5/c1-3-9-19-14(17)12-8-6-5-7-11(12)13(16)15(18)20-10-4-2/h5-8H,3-4,9-10H2,1-2H3. The van der Waals surface area contributed by atoms with E-state index < -0.39 is 17.7 Å². The van der Waals surface area contributed by atoms with Crippen LogP contribution in [0, 0.1) is 0 Å². The van der Waals surface area contributed by atoms with Crippen molar-refractivity contribution in [3.05, 3.63) is 35.4 Å². The van der Waals surface area contributed by atoms with Crippen molar-refractivity contribution >= 4 is 17.7 Å². The van der Waals surface area contributed by atoms with E-state index in [1.165, 1.54) is 12.1 Å². The van der Waals surface area contributed by atoms with E-state index >= 15 is 0 Å². The number of Topliss-reactive ketones (excluding diaryl/α,β-unsaturated/α-hetero) is 1. The van der Waals surface area contributed by atoms with E-state index in [2.05, 4.69) is 0 Å². The summed E-state index contributed by atoms with van der Waals surface area (Å²) in [5, 5.41) is 0. The molecule has 0 aromatic heterocycles. The van der Waals surface area contributed by atoms with Crippen LogP contribution in [0.3, 0.4) is 0 Å². The lowest BCUT2D eigenvalue weighted by atomic mass is 10.0. The highest BCUT2D eigenvalue weighted by Crippen LogP contribution is 2.12. The number of esters is 2. The van der Waals surface area contributed by atoms with Crippen LogP contribution >= 0.6 is 0 Å². The fourth-order valence-corrected chi connectivity index (χ4v) is 1.50. The summed E-state index contributed by atoms with van der Waals surface area (Å²) < 4.78 is 9.77. The molecular weight excluding hydrogens is 260 g/mol. The van der Waals surface area contributed by atoms with Crippen LogP contribution in [0.1, 0.15) is 47.4 Å². The van der Waals surface area contributed by atoms with Crippen LogP contribution in [0.15, 0.2) is 24.3 Å². The average molecular weight is 278 g/mol. The van der Waals surface area contributed by atoms with Crippen LogP contribution in [-0.2, 0) is 14.3 Å². The van der Waals surface area contributed by atoms with Gasteiger partial charge in [0.05, 0.1) is 18.8 Å². The smallest absolute Gasteiger partial charge is 0.379 e. The molecule has 0 amide bonds. The summed E-state index contributed by atoms with van der Waals surface area (Å²) in [5.41, 5.74) is 0.0918. The highest BCUT2D eigenvalue weighted by molar-refractivity contribution is 6.41. The minimum absolute atomic E-state index is 0.00899. The summed E-state index contributed by atoms with van der Waals surface area (Å²) in [6, 6.07) is 6.06. The van der Waals surface area contributed by atoms with Crippen molar-refractivity contribution in [3.63, 3.8) is 0 Å². The minimum atomic E-state index is -0.956. The number of carbonyl (C=O) groups excluding carboxylic acids is 3. The molecule has 0 saturated heterocycles. The molecule has 1 rings (SSSR count). The summed E-state index contributed by atoms with van der Waals surface area (Å²) in [6.07, 6.45) is 1.31. The van der Waals surface area contributed by atoms with Crippen LogP contribution in [0.25, 0.3) is 0 Å². The Balaban J connectivity index is 2.92. The molecule has 5 nitrogen and oxygen atoms in total. The molecule has 0 saturated carbocycles. The molecule has 0 heterocycles. The third-order valence-corrected chi connectivity index (χ3v) is 2.45. The Morgan fingerprint density at radius 1 is 0.900 bits per heavy atom. The van der Waals surface area contributed by atoms with Gasteiger partial charge in [-0.3, -0.25) is 4.79 Å². The first kappa shape index (κ1) is 15.9. The second-order valence-corrected chi connectivity index (χ2v) is 4.15. The van der Waals surface area contributed by atoms with Crippen LogP contribution < -0.4 is 0 Å². The molecule has 0 unspecified atom stereocenters. The largest absolute Gasteiger partial charge is 0.462 e. The molecule has 0 radical (unpaired) electrons. The Labute approximate surface area is 117 Å². The van der Waals surface area contributed by atoms with Gasteiger partial charge in [-0.25, -0.2) is 9.59 Å². The first-order chi connectivity index (χ1) is 9.61. The second-order valence-electron chi connectivity index (χ2n) is 4.15. The van der Waals surface area contributed by atoms with Crippen molar-refractivity contribution in [3.8, 4) is 0 Å². The van der Waals surface area contributed by atoms with Crippen LogP contribution in [0.5, 0.6) is 0 Å². The predicted molar refractivity (Wildman–Crippen MR) is 72.6 cm³/mol. The van der Waals surface area contributed by atoms with Crippen molar-refractivity contribution < 1.29 is 23.9 Å². The lowest BCUT2D eigenvalue weighted by Crippen LogP contribution is -2.21. The Kier molecular flexibility index (Phi) is 6.43. The average Bonchev–Trinajstić information content (AvgIpc) is 2.49. The summed E-state index contributed by atoms with van der Waals surface area (Å²) >= 11 is 0. The number of benzene rings is 1. The second kappa shape index (κ2) is 8.09. The van der Waals surface area contributed by atoms with E-state index in [0.29, 0.717) is 12.8 Å². The van der Waals surface area contributed by atoms with E-state index in [0.717, 1.165) is 0 Å². The van der Waals surface area contributed by atoms with E-state index in [4.69, 9.17) is 9.47 Å². The molecule has 0 bridgehead atoms. The van der Waals surface area contributed by atoms with Gasteiger partial charge in [0.1, 0.15) is 0 Å². The quantitative estimate of drug-likeness (QED) is 0.435. The van der Waals surface area contributed by atoms with Crippen molar-refractivity contribution in [2.24, 2.45) is 0 Å². The van der Waals surface area contributed by atoms with Crippen molar-refractivity contribution in [1.82, 2.24) is 0 Å². The Hall–Kier alpha value is -2.17. The van der Waals surface area contributed by atoms with Gasteiger partial charge in [0, 0.05) is 5.56 Å². The normalized spacial score (nSPS) is 9.90. The topological polar surface area (TPSA) is 69.7 Å². The predicted octanol–water partition coefficient (Wildman–Crippen LogP) is 2.39. The molecule has 1 aromatic rings. The lowest BCUT2D eigenvalue weighted by Gasteiger charge is -2.08. The number of hydrogen-bond acceptors (Lipinski definition) is 5. The van der Waals surface area contributed by atoms with Gasteiger partial charge in [-0.15, -0.1) is 0 Å². The van der Waals surface area contributed by atoms with Gasteiger partial charge in [-0.2, -0.15) is 0 Å². The third-order valence-electron chi connectivity index (χ3n) is 2.45. The molecule has 5 heteroatoms. The number of rotatable bonds is 7. The summed E-state index contributed by atoms with van der Waals surface area (Å²) in [6.45, 7) is 4.13. The van der Waals surface area contributed by atoms with Crippen molar-refractivity contribution in [1.29, 1.82) is 0 Å². The first-order valence-corrected chi connectivity index (χ1v) is 6.59. The summed E-state index contributed by atoms with van der Waals surface area (Å²) in [5.74, 6) is -2.40. The minimum Gasteiger partial charge on any atom is -0.462 e. The zero-order chi connectivity index (χ0) is 15.0. The molecule has 108 valence electrons. The molecule has 20 heavy (non-hydrogen) atoms. The van der Waals surface area contributed by atoms with E-state index in [1.54, 1.807) is 12.1 Å². The van der Waals surface area contributed by atoms with E-state index in [-0.39, 0.29) is 24.3 Å². The van der Waals surface area contributed by atoms with Gasteiger partial charge in [0.25, 0.3) is 5.78 Å². The molecule has 0 fully saturated rings. The molecule has 0 aliphatic heterocycles. The zero-order valence-corrected chi connectivity index (χ0v) is 11.7. The first-order valence-electron chi connectivity index (χ1n) is 6.59. The number of ketones is 1. The lowest BCUT2D eigenvalue weighted by molar-refractivity contribution is -0.138. The SMILES string of the molecule is CCCOC(=O)C(=O)c1ccccc1C(=O)OCCC. The van der Waals surface area contributed by atoms with E-state index in [9.17, 15) is 14.4 Å². The Morgan fingerprint density at radius 3 is 2.05 bits per heavy atom. The third kappa shape index (κ3) is 4.19. The van der Waals surface area contributed by atoms with E-state index in [1.807, 2.05) is 13.8 Å². The zero-order valence-electron chi connectivity index (χ0n) is 11.7. The van der Waals surface area contributed by atoms with Gasteiger partial charge in [-0.05, 0) is 25.0 Å². The number of hydrogen-bond donors (Lipinski definition) is 0. The van der Waals surface area contributed by atoms with Gasteiger partial charge in [0.2, 0.25) is 0 Å². The molecule has 0 N–H and O–H groups in total. The van der Waals surface area contributed by atoms with Gasteiger partial charge in [-0.1, -0.05) is 26.0 Å². The molecule has 1 aromatic carbocycles. The van der Waals surface area contributed by atoms with Gasteiger partial charge < -0.3 is 9.47 Å². The maximum atomic E-state index is 12.0. The van der Waals surface area contributed by atoms with Gasteiger partial charge in [0.15, 0.2) is 0 Å². The van der Waals surface area contributed by atoms with Crippen LogP contribution in [-0.4, -0.2) is 30.9 Å². The maximum absolute atomic E-state index is 12.0. The Morgan fingerprint density at radius 2 is 1.45 bits per heavy atom. The van der Waals surface area contributed by atoms with Gasteiger partial charge >= 0.3 is 11.9 Å². The van der Waals surface area contributed by atoms with Crippen molar-refractivity contribution in [2.45, 2.75) is 26.7 Å². The van der Waals surface area contributed by atoms with Crippen molar-refractivity contribution in [2.75, 3.05) is 13.2 Å². The Bertz CT molecular complexity index is 493. The number of carbonyl (C=O) groups is 3. The monoisotopic (exact) mass is 278 g/mol. The summed E-state index contributed by atoms with van der Waals surface area (Å²) in [7, 11) is 0. The molecule has 0 spiro atoms. The molecular formula is C15H18O5. The molecule has 0 aliphatic carbocycles. The summed E-state index contributed by atoms with van der Waals surface area (Å²) in [4.78, 5) is 35.4. The fraction of sp³-hybridized carbons (Fsp3) is 0.400. The molecule has 0 aliphatic rings. The van der Waals surface area contributed by atoms with Crippen LogP contribution in [0.4, 0.5) is 0 Å². The highest BCUT2D eigenvalue weighted by atomic mass is 16.5. The highest BCUT2D eigenvalue weighted by Gasteiger charge is 2.24. The molecule has 0 atom stereocenters. The fourth-order valence-electron chi connectivity index (χ4n) is 1.50. The number of ether oxygens (including phenoxy) is 2.